The lowest BCUT2D eigenvalue weighted by Gasteiger charge is -2.48. The van der Waals surface area contributed by atoms with Crippen LogP contribution in [-0.4, -0.2) is 85.5 Å². The Morgan fingerprint density at radius 3 is 1.30 bits per heavy atom. The standard InChI is InChI=1S/C27H52N2O4/c1-22-12-10-13-23(2)28(22,5)18-16-26(30)32-20-8-7-9-21-33-27(31)17-19-29(6)24(3)14-11-15-25(29)4/h22-25H,7-21H2,1-6H3/q+2. The summed E-state index contributed by atoms with van der Waals surface area (Å²) in [5.74, 6) is -0.160. The van der Waals surface area contributed by atoms with Gasteiger partial charge in [0, 0.05) is 0 Å². The largest absolute Gasteiger partial charge is 0.466 e. The summed E-state index contributed by atoms with van der Waals surface area (Å²) in [7, 11) is 4.58. The highest BCUT2D eigenvalue weighted by atomic mass is 16.5. The van der Waals surface area contributed by atoms with E-state index in [4.69, 9.17) is 9.47 Å². The molecule has 0 saturated carbocycles. The molecule has 2 heterocycles. The molecular weight excluding hydrogens is 416 g/mol. The molecule has 2 aliphatic heterocycles. The minimum Gasteiger partial charge on any atom is -0.466 e. The van der Waals surface area contributed by atoms with E-state index in [1.807, 2.05) is 0 Å². The Balaban J connectivity index is 1.51. The predicted octanol–water partition coefficient (Wildman–Crippen LogP) is 4.84. The quantitative estimate of drug-likeness (QED) is 0.234. The molecule has 6 heteroatoms. The third-order valence-electron chi connectivity index (χ3n) is 9.43. The van der Waals surface area contributed by atoms with Crippen LogP contribution in [0.5, 0.6) is 0 Å². The zero-order chi connectivity index (χ0) is 24.5. The van der Waals surface area contributed by atoms with Crippen molar-refractivity contribution in [2.45, 2.75) is 122 Å². The van der Waals surface area contributed by atoms with Crippen molar-refractivity contribution in [3.63, 3.8) is 0 Å². The van der Waals surface area contributed by atoms with Gasteiger partial charge < -0.3 is 18.4 Å². The summed E-state index contributed by atoms with van der Waals surface area (Å²) >= 11 is 0. The first-order chi connectivity index (χ1) is 15.6. The second kappa shape index (κ2) is 13.1. The molecule has 0 aromatic carbocycles. The minimum atomic E-state index is -0.0801. The van der Waals surface area contributed by atoms with Crippen LogP contribution in [0.2, 0.25) is 0 Å². The average Bonchev–Trinajstić information content (AvgIpc) is 2.78. The fraction of sp³-hybridized carbons (Fsp3) is 0.926. The lowest BCUT2D eigenvalue weighted by Crippen LogP contribution is -2.59. The number of esters is 2. The molecule has 2 rings (SSSR count). The molecule has 0 radical (unpaired) electrons. The van der Waals surface area contributed by atoms with Gasteiger partial charge in [-0.3, -0.25) is 9.59 Å². The summed E-state index contributed by atoms with van der Waals surface area (Å²) in [5, 5.41) is 0. The van der Waals surface area contributed by atoms with Gasteiger partial charge in [-0.25, -0.2) is 0 Å². The molecule has 6 nitrogen and oxygen atoms in total. The Kier molecular flexibility index (Phi) is 11.1. The number of carbonyl (C=O) groups excluding carboxylic acids is 2. The van der Waals surface area contributed by atoms with Gasteiger partial charge in [-0.15, -0.1) is 0 Å². The molecule has 0 spiro atoms. The lowest BCUT2D eigenvalue weighted by molar-refractivity contribution is -0.957. The van der Waals surface area contributed by atoms with Crippen LogP contribution < -0.4 is 0 Å². The van der Waals surface area contributed by atoms with E-state index in [-0.39, 0.29) is 11.9 Å². The molecule has 33 heavy (non-hydrogen) atoms. The van der Waals surface area contributed by atoms with Crippen LogP contribution in [0.1, 0.15) is 98.3 Å². The van der Waals surface area contributed by atoms with Crippen molar-refractivity contribution >= 4 is 11.9 Å². The van der Waals surface area contributed by atoms with E-state index in [9.17, 15) is 9.59 Å². The van der Waals surface area contributed by atoms with Crippen molar-refractivity contribution in [1.29, 1.82) is 0 Å². The zero-order valence-electron chi connectivity index (χ0n) is 22.4. The number of rotatable bonds is 12. The first-order valence-corrected chi connectivity index (χ1v) is 13.6. The number of ether oxygens (including phenoxy) is 2. The van der Waals surface area contributed by atoms with E-state index in [1.54, 1.807) is 0 Å². The number of hydrogen-bond acceptors (Lipinski definition) is 4. The van der Waals surface area contributed by atoms with Gasteiger partial charge in [-0.2, -0.15) is 0 Å². The second-order valence-corrected chi connectivity index (χ2v) is 11.4. The van der Waals surface area contributed by atoms with Crippen molar-refractivity contribution in [2.24, 2.45) is 0 Å². The summed E-state index contributed by atoms with van der Waals surface area (Å²) in [5.41, 5.74) is 0. The monoisotopic (exact) mass is 468 g/mol. The molecule has 2 fully saturated rings. The zero-order valence-corrected chi connectivity index (χ0v) is 22.4. The molecule has 0 N–H and O–H groups in total. The number of quaternary nitrogens is 2. The Bertz CT molecular complexity index is 551. The maximum Gasteiger partial charge on any atom is 0.311 e. The summed E-state index contributed by atoms with van der Waals surface area (Å²) in [4.78, 5) is 24.4. The van der Waals surface area contributed by atoms with Crippen LogP contribution in [-0.2, 0) is 19.1 Å². The molecule has 4 atom stereocenters. The van der Waals surface area contributed by atoms with E-state index < -0.39 is 0 Å². The average molecular weight is 469 g/mol. The highest BCUT2D eigenvalue weighted by molar-refractivity contribution is 5.69. The summed E-state index contributed by atoms with van der Waals surface area (Å²) in [6.45, 7) is 11.9. The molecule has 2 aliphatic rings. The number of nitrogens with zero attached hydrogens (tertiary/aromatic N) is 2. The van der Waals surface area contributed by atoms with Gasteiger partial charge in [0.25, 0.3) is 0 Å². The minimum absolute atomic E-state index is 0.0801. The highest BCUT2D eigenvalue weighted by Crippen LogP contribution is 2.30. The first kappa shape index (κ1) is 28.1. The second-order valence-electron chi connectivity index (χ2n) is 11.4. The van der Waals surface area contributed by atoms with Crippen molar-refractivity contribution < 1.29 is 28.0 Å². The molecule has 0 aromatic heterocycles. The van der Waals surface area contributed by atoms with Gasteiger partial charge in [0.15, 0.2) is 0 Å². The molecule has 4 unspecified atom stereocenters. The third kappa shape index (κ3) is 7.95. The molecule has 0 aliphatic carbocycles. The van der Waals surface area contributed by atoms with Gasteiger partial charge in [-0.1, -0.05) is 0 Å². The van der Waals surface area contributed by atoms with Crippen LogP contribution in [0.4, 0.5) is 0 Å². The van der Waals surface area contributed by atoms with E-state index in [1.165, 1.54) is 38.5 Å². The number of carbonyl (C=O) groups is 2. The Morgan fingerprint density at radius 2 is 0.970 bits per heavy atom. The van der Waals surface area contributed by atoms with Crippen LogP contribution in [0, 0.1) is 0 Å². The van der Waals surface area contributed by atoms with Crippen LogP contribution in [0.25, 0.3) is 0 Å². The topological polar surface area (TPSA) is 52.6 Å². The fourth-order valence-electron chi connectivity index (χ4n) is 5.91. The molecule has 2 saturated heterocycles. The van der Waals surface area contributed by atoms with E-state index >= 15 is 0 Å². The Labute approximate surface area is 203 Å². The number of likely N-dealkylation sites (tertiary alicyclic amines) is 2. The smallest absolute Gasteiger partial charge is 0.311 e. The Morgan fingerprint density at radius 1 is 0.636 bits per heavy atom. The fourth-order valence-corrected chi connectivity index (χ4v) is 5.91. The van der Waals surface area contributed by atoms with Gasteiger partial charge in [0.05, 0.1) is 77.4 Å². The summed E-state index contributed by atoms with van der Waals surface area (Å²) < 4.78 is 12.9. The SMILES string of the molecule is CC1CCCC(C)[N+]1(C)CCC(=O)OCCCCCOC(=O)CC[N+]1(C)C(C)CCCC1C. The van der Waals surface area contributed by atoms with Crippen LogP contribution in [0.15, 0.2) is 0 Å². The molecule has 0 bridgehead atoms. The van der Waals surface area contributed by atoms with Crippen molar-refractivity contribution in [3.8, 4) is 0 Å². The Hall–Kier alpha value is -1.14. The third-order valence-corrected chi connectivity index (χ3v) is 9.43. The van der Waals surface area contributed by atoms with Crippen molar-refractivity contribution in [2.75, 3.05) is 40.4 Å². The van der Waals surface area contributed by atoms with Gasteiger partial charge in [0.1, 0.15) is 0 Å². The van der Waals surface area contributed by atoms with Crippen molar-refractivity contribution in [3.05, 3.63) is 0 Å². The van der Waals surface area contributed by atoms with E-state index in [0.717, 1.165) is 41.3 Å². The van der Waals surface area contributed by atoms with Crippen molar-refractivity contribution in [1.82, 2.24) is 0 Å². The maximum absolute atomic E-state index is 12.2. The van der Waals surface area contributed by atoms with E-state index in [2.05, 4.69) is 41.8 Å². The van der Waals surface area contributed by atoms with Gasteiger partial charge in [0.2, 0.25) is 0 Å². The van der Waals surface area contributed by atoms with Crippen LogP contribution >= 0.6 is 0 Å². The molecule has 0 aromatic rings. The molecule has 192 valence electrons. The highest BCUT2D eigenvalue weighted by Gasteiger charge is 2.39. The van der Waals surface area contributed by atoms with Crippen LogP contribution in [0.3, 0.4) is 0 Å². The lowest BCUT2D eigenvalue weighted by atomic mass is 9.94. The molecular formula is C27H52N2O4+2. The summed E-state index contributed by atoms with van der Waals surface area (Å²) in [6.07, 6.45) is 11.1. The number of hydrogen-bond donors (Lipinski definition) is 0. The summed E-state index contributed by atoms with van der Waals surface area (Å²) in [6, 6.07) is 2.45. The van der Waals surface area contributed by atoms with E-state index in [0.29, 0.717) is 50.2 Å². The molecule has 0 amide bonds. The first-order valence-electron chi connectivity index (χ1n) is 13.6. The number of unbranched alkanes of at least 4 members (excludes halogenated alkanes) is 2. The van der Waals surface area contributed by atoms with Gasteiger partial charge in [-0.05, 0) is 85.5 Å². The predicted molar refractivity (Wildman–Crippen MR) is 133 cm³/mol. The van der Waals surface area contributed by atoms with Gasteiger partial charge >= 0.3 is 11.9 Å². The normalized spacial score (nSPS) is 34.6. The maximum atomic E-state index is 12.2. The number of piperidine rings is 2.